The molecule has 2 aliphatic rings. The fourth-order valence-electron chi connectivity index (χ4n) is 3.15. The van der Waals surface area contributed by atoms with Crippen molar-refractivity contribution >= 4 is 11.7 Å². The standard InChI is InChI=1S/C16H21N3O2/c17-16-15-12(10-14(20)19-16)2-1-3-13(15)21-9-6-11-4-7-18-8-5-11/h1-3,11,18H,4-10H2,(H2,17,19,20)/p+1. The van der Waals surface area contributed by atoms with Crippen molar-refractivity contribution in [3.63, 3.8) is 0 Å². The molecular weight excluding hydrogens is 266 g/mol. The van der Waals surface area contributed by atoms with Gasteiger partial charge in [-0.05, 0) is 36.8 Å². The van der Waals surface area contributed by atoms with Crippen molar-refractivity contribution in [3.8, 4) is 5.75 Å². The van der Waals surface area contributed by atoms with Gasteiger partial charge in [0.1, 0.15) is 11.6 Å². The van der Waals surface area contributed by atoms with Crippen LogP contribution in [0.5, 0.6) is 5.75 Å². The maximum absolute atomic E-state index is 11.5. The number of carbonyl (C=O) groups excluding carboxylic acids is 1. The second kappa shape index (κ2) is 6.26. The summed E-state index contributed by atoms with van der Waals surface area (Å²) in [7, 11) is 0. The summed E-state index contributed by atoms with van der Waals surface area (Å²) in [4.78, 5) is 15.3. The lowest BCUT2D eigenvalue weighted by molar-refractivity contribution is -0.664. The van der Waals surface area contributed by atoms with Crippen LogP contribution in [0.2, 0.25) is 0 Å². The lowest BCUT2D eigenvalue weighted by Gasteiger charge is -2.21. The molecule has 5 nitrogen and oxygen atoms in total. The summed E-state index contributed by atoms with van der Waals surface area (Å²) < 4.78 is 5.93. The normalized spacial score (nSPS) is 19.0. The first-order valence-electron chi connectivity index (χ1n) is 7.68. The summed E-state index contributed by atoms with van der Waals surface area (Å²) in [5.41, 5.74) is 7.61. The molecular formula is C16H22N3O2+. The number of rotatable bonds is 4. The zero-order valence-corrected chi connectivity index (χ0v) is 12.2. The van der Waals surface area contributed by atoms with Gasteiger partial charge in [0, 0.05) is 0 Å². The van der Waals surface area contributed by atoms with Crippen LogP contribution in [0.25, 0.3) is 0 Å². The molecule has 0 atom stereocenters. The third-order valence-corrected chi connectivity index (χ3v) is 4.30. The Morgan fingerprint density at radius 3 is 2.95 bits per heavy atom. The SMILES string of the molecule is NC1=NC(=O)Cc2cccc(OCCC3CC[NH2+]CC3)c21. The third-order valence-electron chi connectivity index (χ3n) is 4.30. The van der Waals surface area contributed by atoms with E-state index in [1.54, 1.807) is 0 Å². The van der Waals surface area contributed by atoms with Crippen molar-refractivity contribution in [2.24, 2.45) is 16.6 Å². The van der Waals surface area contributed by atoms with Crippen LogP contribution in [0, 0.1) is 5.92 Å². The Morgan fingerprint density at radius 2 is 2.14 bits per heavy atom. The van der Waals surface area contributed by atoms with Crippen LogP contribution in [0.4, 0.5) is 0 Å². The van der Waals surface area contributed by atoms with Gasteiger partial charge >= 0.3 is 0 Å². The molecule has 0 radical (unpaired) electrons. The Labute approximate surface area is 124 Å². The fraction of sp³-hybridized carbons (Fsp3) is 0.500. The van der Waals surface area contributed by atoms with Crippen molar-refractivity contribution in [2.45, 2.75) is 25.7 Å². The molecule has 0 bridgehead atoms. The summed E-state index contributed by atoms with van der Waals surface area (Å²) in [6.45, 7) is 3.16. The van der Waals surface area contributed by atoms with Crippen LogP contribution in [0.1, 0.15) is 30.4 Å². The van der Waals surface area contributed by atoms with Gasteiger partial charge in [-0.25, -0.2) is 0 Å². The number of amides is 1. The zero-order valence-electron chi connectivity index (χ0n) is 12.2. The number of piperidine rings is 1. The second-order valence-corrected chi connectivity index (χ2v) is 5.80. The molecule has 0 spiro atoms. The van der Waals surface area contributed by atoms with Crippen molar-refractivity contribution < 1.29 is 14.8 Å². The zero-order chi connectivity index (χ0) is 14.7. The predicted octanol–water partition coefficient (Wildman–Crippen LogP) is 0.217. The number of aliphatic imine (C=N–C) groups is 1. The van der Waals surface area contributed by atoms with Crippen LogP contribution < -0.4 is 15.8 Å². The maximum Gasteiger partial charge on any atom is 0.252 e. The Balaban J connectivity index is 1.66. The number of fused-ring (bicyclic) bond motifs is 1. The summed E-state index contributed by atoms with van der Waals surface area (Å²) in [6, 6.07) is 5.74. The fourth-order valence-corrected chi connectivity index (χ4v) is 3.15. The first kappa shape index (κ1) is 14.1. The lowest BCUT2D eigenvalue weighted by atomic mass is 9.95. The minimum Gasteiger partial charge on any atom is -0.493 e. The molecule has 1 saturated heterocycles. The predicted molar refractivity (Wildman–Crippen MR) is 80.4 cm³/mol. The van der Waals surface area contributed by atoms with Crippen molar-refractivity contribution in [1.82, 2.24) is 0 Å². The molecule has 1 fully saturated rings. The number of amidine groups is 1. The van der Waals surface area contributed by atoms with Crippen molar-refractivity contribution in [2.75, 3.05) is 19.7 Å². The van der Waals surface area contributed by atoms with Gasteiger partial charge in [0.15, 0.2) is 0 Å². The number of carbonyl (C=O) groups is 1. The Kier molecular flexibility index (Phi) is 4.20. The maximum atomic E-state index is 11.5. The number of ether oxygens (including phenoxy) is 1. The summed E-state index contributed by atoms with van der Waals surface area (Å²) in [6.07, 6.45) is 3.93. The number of hydrogen-bond donors (Lipinski definition) is 2. The van der Waals surface area contributed by atoms with Crippen LogP contribution >= 0.6 is 0 Å². The molecule has 1 amide bonds. The molecule has 3 rings (SSSR count). The topological polar surface area (TPSA) is 81.3 Å². The number of hydrogen-bond acceptors (Lipinski definition) is 3. The lowest BCUT2D eigenvalue weighted by Crippen LogP contribution is -2.86. The molecule has 5 heteroatoms. The van der Waals surface area contributed by atoms with E-state index in [1.165, 1.54) is 25.9 Å². The van der Waals surface area contributed by atoms with Crippen LogP contribution in [-0.2, 0) is 11.2 Å². The smallest absolute Gasteiger partial charge is 0.252 e. The van der Waals surface area contributed by atoms with Gasteiger partial charge in [0.2, 0.25) is 0 Å². The number of nitrogens with zero attached hydrogens (tertiary/aromatic N) is 1. The van der Waals surface area contributed by atoms with Crippen molar-refractivity contribution in [3.05, 3.63) is 29.3 Å². The average Bonchev–Trinajstić information content (AvgIpc) is 2.48. The summed E-state index contributed by atoms with van der Waals surface area (Å²) in [5, 5.41) is 2.37. The van der Waals surface area contributed by atoms with E-state index < -0.39 is 0 Å². The first-order valence-corrected chi connectivity index (χ1v) is 7.68. The van der Waals surface area contributed by atoms with Gasteiger partial charge in [-0.3, -0.25) is 4.79 Å². The summed E-state index contributed by atoms with van der Waals surface area (Å²) >= 11 is 0. The molecule has 112 valence electrons. The van der Waals surface area contributed by atoms with E-state index in [0.717, 1.165) is 29.2 Å². The van der Waals surface area contributed by atoms with Gasteiger partial charge in [0.25, 0.3) is 5.91 Å². The number of benzene rings is 1. The first-order chi connectivity index (χ1) is 10.2. The monoisotopic (exact) mass is 288 g/mol. The molecule has 0 aliphatic carbocycles. The molecule has 2 aliphatic heterocycles. The van der Waals surface area contributed by atoms with Gasteiger partial charge in [-0.15, -0.1) is 0 Å². The van der Waals surface area contributed by atoms with E-state index in [1.807, 2.05) is 18.2 Å². The quantitative estimate of drug-likeness (QED) is 0.831. The van der Waals surface area contributed by atoms with Gasteiger partial charge in [-0.2, -0.15) is 4.99 Å². The Bertz CT molecular complexity index is 563. The molecule has 4 N–H and O–H groups in total. The molecule has 2 heterocycles. The minimum absolute atomic E-state index is 0.185. The minimum atomic E-state index is -0.185. The van der Waals surface area contributed by atoms with Gasteiger partial charge in [0.05, 0.1) is 31.7 Å². The average molecular weight is 288 g/mol. The molecule has 21 heavy (non-hydrogen) atoms. The highest BCUT2D eigenvalue weighted by molar-refractivity contribution is 6.10. The molecule has 1 aromatic rings. The second-order valence-electron chi connectivity index (χ2n) is 5.80. The molecule has 0 saturated carbocycles. The van der Waals surface area contributed by atoms with Crippen molar-refractivity contribution in [1.29, 1.82) is 0 Å². The summed E-state index contributed by atoms with van der Waals surface area (Å²) in [5.74, 6) is 1.62. The molecule has 0 aromatic heterocycles. The van der Waals surface area contributed by atoms with Crippen LogP contribution in [-0.4, -0.2) is 31.4 Å². The van der Waals surface area contributed by atoms with E-state index in [4.69, 9.17) is 10.5 Å². The van der Waals surface area contributed by atoms with E-state index in [0.29, 0.717) is 13.0 Å². The molecule has 1 aromatic carbocycles. The van der Waals surface area contributed by atoms with E-state index in [9.17, 15) is 4.79 Å². The number of nitrogens with two attached hydrogens (primary N) is 2. The van der Waals surface area contributed by atoms with Gasteiger partial charge < -0.3 is 15.8 Å². The Hall–Kier alpha value is -1.88. The molecule has 0 unspecified atom stereocenters. The third kappa shape index (κ3) is 3.24. The van der Waals surface area contributed by atoms with Crippen LogP contribution in [0.15, 0.2) is 23.2 Å². The van der Waals surface area contributed by atoms with Crippen LogP contribution in [0.3, 0.4) is 0 Å². The van der Waals surface area contributed by atoms with Gasteiger partial charge in [-0.1, -0.05) is 12.1 Å². The largest absolute Gasteiger partial charge is 0.493 e. The van der Waals surface area contributed by atoms with E-state index >= 15 is 0 Å². The highest BCUT2D eigenvalue weighted by Crippen LogP contribution is 2.26. The highest BCUT2D eigenvalue weighted by Gasteiger charge is 2.21. The Morgan fingerprint density at radius 1 is 1.33 bits per heavy atom. The number of quaternary nitrogens is 1. The highest BCUT2D eigenvalue weighted by atomic mass is 16.5. The van der Waals surface area contributed by atoms with E-state index in [2.05, 4.69) is 10.3 Å². The van der Waals surface area contributed by atoms with E-state index in [-0.39, 0.29) is 11.7 Å².